The zero-order chi connectivity index (χ0) is 19.5. The smallest absolute Gasteiger partial charge is 0.305 e. The van der Waals surface area contributed by atoms with Gasteiger partial charge in [0.1, 0.15) is 25.8 Å². The largest absolute Gasteiger partial charge is 0.463 e. The van der Waals surface area contributed by atoms with Crippen LogP contribution in [0.3, 0.4) is 0 Å². The molecule has 2 atom stereocenters. The molecular formula is C22H31N2O3+. The van der Waals surface area contributed by atoms with Gasteiger partial charge < -0.3 is 19.3 Å². The van der Waals surface area contributed by atoms with E-state index in [2.05, 4.69) is 35.5 Å². The van der Waals surface area contributed by atoms with Crippen LogP contribution in [-0.4, -0.2) is 41.4 Å². The molecule has 1 aromatic carbocycles. The van der Waals surface area contributed by atoms with Crippen LogP contribution < -0.4 is 4.90 Å². The van der Waals surface area contributed by atoms with E-state index in [9.17, 15) is 9.90 Å². The maximum Gasteiger partial charge on any atom is 0.305 e. The third kappa shape index (κ3) is 7.41. The number of ether oxygens (including phenoxy) is 1. The molecule has 2 aromatic rings. The highest BCUT2D eigenvalue weighted by Crippen LogP contribution is 2.07. The van der Waals surface area contributed by atoms with Crippen molar-refractivity contribution >= 4 is 5.97 Å². The molecule has 0 amide bonds. The molecule has 5 heteroatoms. The lowest BCUT2D eigenvalue weighted by Crippen LogP contribution is -3.11. The lowest BCUT2D eigenvalue weighted by molar-refractivity contribution is -0.911. The van der Waals surface area contributed by atoms with E-state index in [1.54, 1.807) is 0 Å². The van der Waals surface area contributed by atoms with Gasteiger partial charge in [-0.05, 0) is 30.2 Å². The number of esters is 1. The van der Waals surface area contributed by atoms with Gasteiger partial charge in [-0.1, -0.05) is 43.8 Å². The molecule has 0 bridgehead atoms. The summed E-state index contributed by atoms with van der Waals surface area (Å²) < 4.78 is 7.36. The predicted molar refractivity (Wildman–Crippen MR) is 106 cm³/mol. The fraction of sp³-hybridized carbons (Fsp3) is 0.409. The molecular weight excluding hydrogens is 340 g/mol. The maximum absolute atomic E-state index is 11.5. The monoisotopic (exact) mass is 371 g/mol. The van der Waals surface area contributed by atoms with E-state index in [4.69, 9.17) is 4.74 Å². The van der Waals surface area contributed by atoms with Gasteiger partial charge in [-0.15, -0.1) is 0 Å². The van der Waals surface area contributed by atoms with Gasteiger partial charge in [-0.3, -0.25) is 4.79 Å². The Morgan fingerprint density at radius 2 is 2.07 bits per heavy atom. The number of aromatic nitrogens is 1. The standard InChI is InChI=1S/C22H30N2O3/c1-3-9-22(26)27-18-21(25)17-23(13-4-2)16-20-12-8-14-24(20)15-19-10-6-5-7-11-19/h4-8,10-12,14,21,25H,2-3,9,13,15-18H2,1H3/p+1/t21-/m0/s1. The normalized spacial score (nSPS) is 13.1. The minimum Gasteiger partial charge on any atom is -0.463 e. The van der Waals surface area contributed by atoms with Gasteiger partial charge in [0.25, 0.3) is 0 Å². The van der Waals surface area contributed by atoms with Gasteiger partial charge >= 0.3 is 5.97 Å². The van der Waals surface area contributed by atoms with Crippen LogP contribution in [0.1, 0.15) is 31.0 Å². The number of aliphatic hydroxyl groups is 1. The number of carbonyl (C=O) groups excluding carboxylic acids is 1. The summed E-state index contributed by atoms with van der Waals surface area (Å²) in [6, 6.07) is 14.5. The number of hydrogen-bond donors (Lipinski definition) is 2. The van der Waals surface area contributed by atoms with Crippen molar-refractivity contribution in [1.29, 1.82) is 0 Å². The SMILES string of the molecule is C=CC[NH+](Cc1cccn1Cc1ccccc1)C[C@H](O)COC(=O)CCC. The van der Waals surface area contributed by atoms with Gasteiger partial charge in [-0.25, -0.2) is 0 Å². The van der Waals surface area contributed by atoms with Crippen molar-refractivity contribution in [3.05, 3.63) is 72.6 Å². The molecule has 0 aliphatic carbocycles. The molecule has 0 aliphatic heterocycles. The van der Waals surface area contributed by atoms with Crippen LogP contribution in [0.15, 0.2) is 61.3 Å². The fourth-order valence-corrected chi connectivity index (χ4v) is 3.09. The molecule has 0 saturated heterocycles. The Labute approximate surface area is 161 Å². The van der Waals surface area contributed by atoms with Crippen LogP contribution in [0.5, 0.6) is 0 Å². The summed E-state index contributed by atoms with van der Waals surface area (Å²) in [5.74, 6) is -0.251. The second-order valence-electron chi connectivity index (χ2n) is 6.82. The summed E-state index contributed by atoms with van der Waals surface area (Å²) in [5, 5.41) is 10.3. The summed E-state index contributed by atoms with van der Waals surface area (Å²) in [6.45, 7) is 8.63. The van der Waals surface area contributed by atoms with Crippen LogP contribution >= 0.6 is 0 Å². The van der Waals surface area contributed by atoms with Gasteiger partial charge in [0, 0.05) is 19.2 Å². The molecule has 0 aliphatic rings. The molecule has 0 spiro atoms. The highest BCUT2D eigenvalue weighted by molar-refractivity contribution is 5.69. The Bertz CT molecular complexity index is 697. The van der Waals surface area contributed by atoms with Crippen molar-refractivity contribution < 1.29 is 19.5 Å². The number of hydrogen-bond acceptors (Lipinski definition) is 3. The van der Waals surface area contributed by atoms with Crippen molar-refractivity contribution in [2.24, 2.45) is 0 Å². The Kier molecular flexibility index (Phi) is 8.81. The van der Waals surface area contributed by atoms with Crippen LogP contribution in [0.25, 0.3) is 0 Å². The molecule has 0 radical (unpaired) electrons. The fourth-order valence-electron chi connectivity index (χ4n) is 3.09. The summed E-state index contributed by atoms with van der Waals surface area (Å²) >= 11 is 0. The first-order valence-electron chi connectivity index (χ1n) is 9.58. The number of aliphatic hydroxyl groups excluding tert-OH is 1. The lowest BCUT2D eigenvalue weighted by atomic mass is 10.2. The molecule has 5 nitrogen and oxygen atoms in total. The third-order valence-corrected chi connectivity index (χ3v) is 4.40. The maximum atomic E-state index is 11.5. The van der Waals surface area contributed by atoms with Crippen molar-refractivity contribution in [3.8, 4) is 0 Å². The van der Waals surface area contributed by atoms with Gasteiger partial charge in [0.2, 0.25) is 0 Å². The third-order valence-electron chi connectivity index (χ3n) is 4.40. The molecule has 1 aromatic heterocycles. The van der Waals surface area contributed by atoms with Crippen molar-refractivity contribution in [2.45, 2.75) is 39.0 Å². The minimum absolute atomic E-state index is 0.0461. The minimum atomic E-state index is -0.682. The van der Waals surface area contributed by atoms with E-state index in [1.807, 2.05) is 37.3 Å². The molecule has 1 heterocycles. The topological polar surface area (TPSA) is 55.9 Å². The Balaban J connectivity index is 1.93. The van der Waals surface area contributed by atoms with Gasteiger partial charge in [0.05, 0.1) is 12.2 Å². The second kappa shape index (κ2) is 11.4. The number of nitrogens with zero attached hydrogens (tertiary/aromatic N) is 1. The molecule has 2 rings (SSSR count). The van der Waals surface area contributed by atoms with E-state index < -0.39 is 6.10 Å². The zero-order valence-electron chi connectivity index (χ0n) is 16.1. The highest BCUT2D eigenvalue weighted by Gasteiger charge is 2.18. The molecule has 1 unspecified atom stereocenters. The van der Waals surface area contributed by atoms with E-state index in [0.717, 1.165) is 26.1 Å². The number of nitrogens with one attached hydrogen (secondary N) is 1. The number of carbonyl (C=O) groups is 1. The average Bonchev–Trinajstić information content (AvgIpc) is 3.08. The number of rotatable bonds is 12. The molecule has 146 valence electrons. The van der Waals surface area contributed by atoms with E-state index in [-0.39, 0.29) is 12.6 Å². The molecule has 27 heavy (non-hydrogen) atoms. The summed E-state index contributed by atoms with van der Waals surface area (Å²) in [6.07, 6.45) is 4.40. The molecule has 0 fully saturated rings. The van der Waals surface area contributed by atoms with Crippen LogP contribution in [-0.2, 0) is 22.6 Å². The van der Waals surface area contributed by atoms with Crippen LogP contribution in [0, 0.1) is 0 Å². The Morgan fingerprint density at radius 3 is 2.78 bits per heavy atom. The number of benzene rings is 1. The van der Waals surface area contributed by atoms with Crippen LogP contribution in [0.2, 0.25) is 0 Å². The summed E-state index contributed by atoms with van der Waals surface area (Å²) in [7, 11) is 0. The lowest BCUT2D eigenvalue weighted by Gasteiger charge is -2.22. The van der Waals surface area contributed by atoms with E-state index >= 15 is 0 Å². The van der Waals surface area contributed by atoms with Crippen LogP contribution in [0.4, 0.5) is 0 Å². The molecule has 2 N–H and O–H groups in total. The first-order valence-corrected chi connectivity index (χ1v) is 9.58. The van der Waals surface area contributed by atoms with Crippen molar-refractivity contribution in [3.63, 3.8) is 0 Å². The molecule has 0 saturated carbocycles. The van der Waals surface area contributed by atoms with Crippen molar-refractivity contribution in [1.82, 2.24) is 4.57 Å². The first-order chi connectivity index (χ1) is 13.1. The average molecular weight is 372 g/mol. The summed E-state index contributed by atoms with van der Waals surface area (Å²) in [4.78, 5) is 12.7. The predicted octanol–water partition coefficient (Wildman–Crippen LogP) is 1.81. The van der Waals surface area contributed by atoms with Crippen molar-refractivity contribution in [2.75, 3.05) is 19.7 Å². The van der Waals surface area contributed by atoms with E-state index in [1.165, 1.54) is 16.2 Å². The Hall–Kier alpha value is -2.37. The second-order valence-corrected chi connectivity index (χ2v) is 6.82. The summed E-state index contributed by atoms with van der Waals surface area (Å²) in [5.41, 5.74) is 2.45. The Morgan fingerprint density at radius 1 is 1.30 bits per heavy atom. The quantitative estimate of drug-likeness (QED) is 0.442. The number of quaternary nitrogens is 1. The zero-order valence-corrected chi connectivity index (χ0v) is 16.1. The highest BCUT2D eigenvalue weighted by atomic mass is 16.5. The van der Waals surface area contributed by atoms with Gasteiger partial charge in [-0.2, -0.15) is 0 Å². The van der Waals surface area contributed by atoms with Gasteiger partial charge in [0.15, 0.2) is 0 Å². The van der Waals surface area contributed by atoms with E-state index in [0.29, 0.717) is 13.0 Å². The first kappa shape index (κ1) is 20.9.